The first-order valence-corrected chi connectivity index (χ1v) is 7.85. The van der Waals surface area contributed by atoms with E-state index < -0.39 is 9.84 Å². The van der Waals surface area contributed by atoms with Crippen molar-refractivity contribution in [3.8, 4) is 0 Å². The highest BCUT2D eigenvalue weighted by Gasteiger charge is 2.27. The summed E-state index contributed by atoms with van der Waals surface area (Å²) >= 11 is 0. The Kier molecular flexibility index (Phi) is 3.75. The molecule has 1 fully saturated rings. The second-order valence-corrected chi connectivity index (χ2v) is 7.07. The molecular weight excluding hydrogens is 268 g/mol. The summed E-state index contributed by atoms with van der Waals surface area (Å²) in [6.45, 7) is 0.327. The predicted molar refractivity (Wildman–Crippen MR) is 70.8 cm³/mol. The van der Waals surface area contributed by atoms with Crippen molar-refractivity contribution >= 4 is 15.7 Å². The van der Waals surface area contributed by atoms with Gasteiger partial charge in [-0.1, -0.05) is 0 Å². The van der Waals surface area contributed by atoms with Crippen molar-refractivity contribution in [1.82, 2.24) is 9.88 Å². The Bertz CT molecular complexity index is 648. The molecule has 1 N–H and O–H groups in total. The van der Waals surface area contributed by atoms with Crippen LogP contribution >= 0.6 is 0 Å². The van der Waals surface area contributed by atoms with Crippen LogP contribution in [0.5, 0.6) is 0 Å². The number of nitrogens with zero attached hydrogens (tertiary/aromatic N) is 1. The maximum Gasteiger partial charge on any atom is 0.251 e. The molecule has 1 atom stereocenters. The smallest absolute Gasteiger partial charge is 0.251 e. The molecule has 0 radical (unpaired) electrons. The SMILES string of the molecule is Cn1ccc(C(=O)NC[C@H]2CCS(=O)(=O)C2)cc1=O. The Morgan fingerprint density at radius 3 is 2.84 bits per heavy atom. The first kappa shape index (κ1) is 13.8. The van der Waals surface area contributed by atoms with Crippen LogP contribution in [0.15, 0.2) is 23.1 Å². The van der Waals surface area contributed by atoms with Crippen LogP contribution in [0.1, 0.15) is 16.8 Å². The van der Waals surface area contributed by atoms with E-state index in [9.17, 15) is 18.0 Å². The van der Waals surface area contributed by atoms with Gasteiger partial charge in [-0.25, -0.2) is 8.42 Å². The van der Waals surface area contributed by atoms with Gasteiger partial charge in [-0.15, -0.1) is 0 Å². The zero-order chi connectivity index (χ0) is 14.0. The van der Waals surface area contributed by atoms with Crippen LogP contribution < -0.4 is 10.9 Å². The highest BCUT2D eigenvalue weighted by Crippen LogP contribution is 2.17. The van der Waals surface area contributed by atoms with Crippen molar-refractivity contribution in [3.63, 3.8) is 0 Å². The monoisotopic (exact) mass is 284 g/mol. The van der Waals surface area contributed by atoms with E-state index in [2.05, 4.69) is 5.32 Å². The van der Waals surface area contributed by atoms with Gasteiger partial charge in [0.05, 0.1) is 11.5 Å². The fourth-order valence-electron chi connectivity index (χ4n) is 2.06. The molecule has 1 aliphatic rings. The van der Waals surface area contributed by atoms with Crippen molar-refractivity contribution in [2.45, 2.75) is 6.42 Å². The molecule has 7 heteroatoms. The van der Waals surface area contributed by atoms with Crippen molar-refractivity contribution < 1.29 is 13.2 Å². The number of aryl methyl sites for hydroxylation is 1. The summed E-state index contributed by atoms with van der Waals surface area (Å²) in [5.74, 6) is -0.0500. The predicted octanol–water partition coefficient (Wildman–Crippen LogP) is -0.450. The average Bonchev–Trinajstić information content (AvgIpc) is 2.69. The normalized spacial score (nSPS) is 21.2. The molecule has 0 saturated carbocycles. The van der Waals surface area contributed by atoms with Gasteiger partial charge in [0.1, 0.15) is 0 Å². The van der Waals surface area contributed by atoms with Crippen LogP contribution in [0.3, 0.4) is 0 Å². The molecule has 2 rings (SSSR count). The summed E-state index contributed by atoms with van der Waals surface area (Å²) in [6, 6.07) is 2.82. The number of hydrogen-bond donors (Lipinski definition) is 1. The third kappa shape index (κ3) is 3.44. The molecule has 1 saturated heterocycles. The van der Waals surface area contributed by atoms with Gasteiger partial charge in [0.15, 0.2) is 9.84 Å². The van der Waals surface area contributed by atoms with E-state index in [1.807, 2.05) is 0 Å². The number of rotatable bonds is 3. The number of carbonyl (C=O) groups is 1. The van der Waals surface area contributed by atoms with Gasteiger partial charge < -0.3 is 9.88 Å². The molecule has 2 heterocycles. The van der Waals surface area contributed by atoms with Crippen LogP contribution in [0.25, 0.3) is 0 Å². The number of nitrogens with one attached hydrogen (secondary N) is 1. The number of pyridine rings is 1. The summed E-state index contributed by atoms with van der Waals surface area (Å²) in [5, 5.41) is 2.67. The number of sulfone groups is 1. The molecule has 1 aromatic rings. The van der Waals surface area contributed by atoms with Crippen LogP contribution in [0.4, 0.5) is 0 Å². The molecule has 19 heavy (non-hydrogen) atoms. The lowest BCUT2D eigenvalue weighted by molar-refractivity contribution is 0.0948. The zero-order valence-electron chi connectivity index (χ0n) is 10.6. The van der Waals surface area contributed by atoms with Gasteiger partial charge in [-0.2, -0.15) is 0 Å². The van der Waals surface area contributed by atoms with Crippen LogP contribution in [-0.4, -0.2) is 36.9 Å². The second kappa shape index (κ2) is 5.16. The Balaban J connectivity index is 1.95. The minimum absolute atomic E-state index is 0.0273. The molecule has 0 aromatic carbocycles. The minimum Gasteiger partial charge on any atom is -0.352 e. The topological polar surface area (TPSA) is 85.2 Å². The minimum atomic E-state index is -2.92. The first-order valence-electron chi connectivity index (χ1n) is 6.03. The summed E-state index contributed by atoms with van der Waals surface area (Å²) in [6.07, 6.45) is 2.11. The molecule has 0 unspecified atom stereocenters. The summed E-state index contributed by atoms with van der Waals surface area (Å²) in [7, 11) is -1.32. The van der Waals surface area contributed by atoms with Crippen molar-refractivity contribution in [2.24, 2.45) is 13.0 Å². The van der Waals surface area contributed by atoms with E-state index in [1.165, 1.54) is 16.8 Å². The molecule has 0 aliphatic carbocycles. The molecule has 0 spiro atoms. The van der Waals surface area contributed by atoms with Gasteiger partial charge in [0.25, 0.3) is 11.5 Å². The fraction of sp³-hybridized carbons (Fsp3) is 0.500. The Morgan fingerprint density at radius 1 is 1.53 bits per heavy atom. The van der Waals surface area contributed by atoms with Crippen LogP contribution in [0.2, 0.25) is 0 Å². The molecule has 1 amide bonds. The maximum atomic E-state index is 11.8. The molecule has 0 bridgehead atoms. The molecule has 6 nitrogen and oxygen atoms in total. The van der Waals surface area contributed by atoms with Gasteiger partial charge in [0.2, 0.25) is 0 Å². The number of hydrogen-bond acceptors (Lipinski definition) is 4. The Hall–Kier alpha value is -1.63. The Labute approximate surface area is 111 Å². The lowest BCUT2D eigenvalue weighted by atomic mass is 10.1. The summed E-state index contributed by atoms with van der Waals surface area (Å²) in [5.41, 5.74) is 0.0417. The number of amides is 1. The lowest BCUT2D eigenvalue weighted by Crippen LogP contribution is -2.31. The standard InChI is InChI=1S/C12H16N2O4S/c1-14-4-2-10(6-11(14)15)12(16)13-7-9-3-5-19(17,18)8-9/h2,4,6,9H,3,5,7-8H2,1H3,(H,13,16)/t9-/m1/s1. The van der Waals surface area contributed by atoms with Gasteiger partial charge in [0, 0.05) is 31.4 Å². The quantitative estimate of drug-likeness (QED) is 0.814. The number of carbonyl (C=O) groups excluding carboxylic acids is 1. The zero-order valence-corrected chi connectivity index (χ0v) is 11.4. The molecule has 1 aliphatic heterocycles. The van der Waals surface area contributed by atoms with Crippen LogP contribution in [-0.2, 0) is 16.9 Å². The van der Waals surface area contributed by atoms with Gasteiger partial charge >= 0.3 is 0 Å². The maximum absolute atomic E-state index is 11.8. The largest absolute Gasteiger partial charge is 0.352 e. The third-order valence-corrected chi connectivity index (χ3v) is 5.08. The van der Waals surface area contributed by atoms with E-state index in [0.717, 1.165) is 0 Å². The summed E-state index contributed by atoms with van der Waals surface area (Å²) in [4.78, 5) is 23.2. The Morgan fingerprint density at radius 2 is 2.26 bits per heavy atom. The summed E-state index contributed by atoms with van der Waals surface area (Å²) < 4.78 is 23.9. The highest BCUT2D eigenvalue weighted by atomic mass is 32.2. The number of aromatic nitrogens is 1. The molecule has 104 valence electrons. The molecule has 1 aromatic heterocycles. The fourth-order valence-corrected chi connectivity index (χ4v) is 3.92. The van der Waals surface area contributed by atoms with E-state index >= 15 is 0 Å². The van der Waals surface area contributed by atoms with E-state index in [-0.39, 0.29) is 28.9 Å². The highest BCUT2D eigenvalue weighted by molar-refractivity contribution is 7.91. The van der Waals surface area contributed by atoms with Gasteiger partial charge in [-0.05, 0) is 18.4 Å². The van der Waals surface area contributed by atoms with Crippen LogP contribution in [0, 0.1) is 5.92 Å². The van der Waals surface area contributed by atoms with Gasteiger partial charge in [-0.3, -0.25) is 9.59 Å². The second-order valence-electron chi connectivity index (χ2n) is 4.84. The van der Waals surface area contributed by atoms with Crippen molar-refractivity contribution in [3.05, 3.63) is 34.2 Å². The van der Waals surface area contributed by atoms with E-state index in [1.54, 1.807) is 13.1 Å². The lowest BCUT2D eigenvalue weighted by Gasteiger charge is -2.09. The first-order chi connectivity index (χ1) is 8.87. The van der Waals surface area contributed by atoms with E-state index in [4.69, 9.17) is 0 Å². The third-order valence-electron chi connectivity index (χ3n) is 3.24. The van der Waals surface area contributed by atoms with Crippen molar-refractivity contribution in [2.75, 3.05) is 18.1 Å². The van der Waals surface area contributed by atoms with E-state index in [0.29, 0.717) is 18.5 Å². The molecular formula is C12H16N2O4S. The van der Waals surface area contributed by atoms with Crippen molar-refractivity contribution in [1.29, 1.82) is 0 Å². The average molecular weight is 284 g/mol.